The van der Waals surface area contributed by atoms with Gasteiger partial charge in [0.1, 0.15) is 11.5 Å². The normalized spacial score (nSPS) is 18.3. The van der Waals surface area contributed by atoms with Crippen LogP contribution in [0.25, 0.3) is 0 Å². The highest BCUT2D eigenvalue weighted by atomic mass is 16.5. The van der Waals surface area contributed by atoms with E-state index in [0.717, 1.165) is 12.2 Å². The minimum Gasteiger partial charge on any atom is -0.493 e. The molecule has 2 rings (SSSR count). The third kappa shape index (κ3) is 3.33. The minimum atomic E-state index is 0.283. The van der Waals surface area contributed by atoms with Gasteiger partial charge in [-0.25, -0.2) is 0 Å². The average Bonchev–Trinajstić information content (AvgIpc) is 2.37. The number of nitrogens with one attached hydrogen (secondary N) is 1. The molecule has 1 aliphatic rings. The van der Waals surface area contributed by atoms with Crippen LogP contribution in [0.2, 0.25) is 0 Å². The molecule has 0 spiro atoms. The van der Waals surface area contributed by atoms with Crippen molar-refractivity contribution >= 4 is 5.78 Å². The third-order valence-electron chi connectivity index (χ3n) is 3.26. The Bertz CT molecular complexity index is 415. The summed E-state index contributed by atoms with van der Waals surface area (Å²) in [5, 5.41) is 3.18. The van der Waals surface area contributed by atoms with Gasteiger partial charge in [0.2, 0.25) is 0 Å². The average molecular weight is 247 g/mol. The van der Waals surface area contributed by atoms with Gasteiger partial charge in [-0.05, 0) is 24.0 Å². The van der Waals surface area contributed by atoms with Gasteiger partial charge in [-0.2, -0.15) is 0 Å². The van der Waals surface area contributed by atoms with E-state index in [1.165, 1.54) is 5.56 Å². The van der Waals surface area contributed by atoms with E-state index in [4.69, 9.17) is 4.74 Å². The molecule has 18 heavy (non-hydrogen) atoms. The molecule has 0 aliphatic carbocycles. The quantitative estimate of drug-likeness (QED) is 0.869. The molecule has 98 valence electrons. The molecule has 1 aliphatic heterocycles. The molecule has 1 aromatic carbocycles. The van der Waals surface area contributed by atoms with Crippen molar-refractivity contribution in [2.75, 3.05) is 13.2 Å². The predicted octanol–water partition coefficient (Wildman–Crippen LogP) is 2.51. The number of hydrogen-bond acceptors (Lipinski definition) is 3. The second-order valence-electron chi connectivity index (χ2n) is 5.15. The Morgan fingerprint density at radius 3 is 3.00 bits per heavy atom. The maximum atomic E-state index is 11.9. The summed E-state index contributed by atoms with van der Waals surface area (Å²) in [5.41, 5.74) is 1.18. The molecule has 0 saturated carbocycles. The number of benzene rings is 1. The van der Waals surface area contributed by atoms with Gasteiger partial charge >= 0.3 is 0 Å². The summed E-state index contributed by atoms with van der Waals surface area (Å²) in [6.45, 7) is 5.29. The molecule has 0 saturated heterocycles. The van der Waals surface area contributed by atoms with Crippen LogP contribution in [0.4, 0.5) is 0 Å². The van der Waals surface area contributed by atoms with Crippen LogP contribution in [-0.4, -0.2) is 25.0 Å². The molecule has 3 nitrogen and oxygen atoms in total. The van der Waals surface area contributed by atoms with Crippen molar-refractivity contribution < 1.29 is 9.53 Å². The summed E-state index contributed by atoms with van der Waals surface area (Å²) in [6, 6.07) is 8.40. The number of hydrogen-bond donors (Lipinski definition) is 1. The van der Waals surface area contributed by atoms with Gasteiger partial charge < -0.3 is 10.1 Å². The highest BCUT2D eigenvalue weighted by Crippen LogP contribution is 2.35. The van der Waals surface area contributed by atoms with Gasteiger partial charge in [0.15, 0.2) is 0 Å². The zero-order chi connectivity index (χ0) is 13.0. The number of para-hydroxylation sites is 1. The Labute approximate surface area is 109 Å². The lowest BCUT2D eigenvalue weighted by Crippen LogP contribution is -2.30. The SMILES string of the molecule is CC(C)NCC(=O)CC1CCOc2ccccc21. The molecule has 0 aromatic heterocycles. The Morgan fingerprint density at radius 1 is 1.44 bits per heavy atom. The van der Waals surface area contributed by atoms with Crippen molar-refractivity contribution in [3.8, 4) is 5.75 Å². The van der Waals surface area contributed by atoms with Crippen LogP contribution in [0.15, 0.2) is 24.3 Å². The van der Waals surface area contributed by atoms with E-state index in [2.05, 4.69) is 25.2 Å². The lowest BCUT2D eigenvalue weighted by atomic mass is 9.89. The molecule has 0 radical (unpaired) electrons. The smallest absolute Gasteiger partial charge is 0.147 e. The van der Waals surface area contributed by atoms with E-state index in [1.807, 2.05) is 18.2 Å². The molecule has 1 aromatic rings. The van der Waals surface area contributed by atoms with Crippen molar-refractivity contribution in [3.63, 3.8) is 0 Å². The fourth-order valence-electron chi connectivity index (χ4n) is 2.29. The Kier molecular flexibility index (Phi) is 4.37. The molecule has 0 fully saturated rings. The van der Waals surface area contributed by atoms with Crippen molar-refractivity contribution in [2.45, 2.75) is 38.6 Å². The van der Waals surface area contributed by atoms with Gasteiger partial charge in [0.25, 0.3) is 0 Å². The number of ether oxygens (including phenoxy) is 1. The number of fused-ring (bicyclic) bond motifs is 1. The van der Waals surface area contributed by atoms with E-state index in [0.29, 0.717) is 31.5 Å². The molecule has 1 heterocycles. The summed E-state index contributed by atoms with van der Waals surface area (Å²) < 4.78 is 5.61. The fourth-order valence-corrected chi connectivity index (χ4v) is 2.29. The van der Waals surface area contributed by atoms with Gasteiger partial charge in [0, 0.05) is 12.5 Å². The standard InChI is InChI=1S/C15H21NO2/c1-11(2)16-10-13(17)9-12-7-8-18-15-6-4-3-5-14(12)15/h3-6,11-12,16H,7-10H2,1-2H3. The fraction of sp³-hybridized carbons (Fsp3) is 0.533. The summed E-state index contributed by atoms with van der Waals surface area (Å²) in [4.78, 5) is 11.9. The molecule has 1 atom stereocenters. The van der Waals surface area contributed by atoms with E-state index in [1.54, 1.807) is 0 Å². The Morgan fingerprint density at radius 2 is 2.22 bits per heavy atom. The number of carbonyl (C=O) groups excluding carboxylic acids is 1. The van der Waals surface area contributed by atoms with Crippen LogP contribution in [0.3, 0.4) is 0 Å². The van der Waals surface area contributed by atoms with E-state index >= 15 is 0 Å². The lowest BCUT2D eigenvalue weighted by Gasteiger charge is -2.25. The summed E-state index contributed by atoms with van der Waals surface area (Å²) in [7, 11) is 0. The molecular formula is C15H21NO2. The van der Waals surface area contributed by atoms with Gasteiger partial charge in [-0.15, -0.1) is 0 Å². The van der Waals surface area contributed by atoms with Crippen LogP contribution in [0.5, 0.6) is 5.75 Å². The highest BCUT2D eigenvalue weighted by Gasteiger charge is 2.23. The third-order valence-corrected chi connectivity index (χ3v) is 3.26. The van der Waals surface area contributed by atoms with Crippen LogP contribution in [0.1, 0.15) is 38.2 Å². The van der Waals surface area contributed by atoms with Crippen molar-refractivity contribution in [1.29, 1.82) is 0 Å². The summed E-state index contributed by atoms with van der Waals surface area (Å²) >= 11 is 0. The van der Waals surface area contributed by atoms with Crippen molar-refractivity contribution in [3.05, 3.63) is 29.8 Å². The van der Waals surface area contributed by atoms with Crippen LogP contribution in [0, 0.1) is 0 Å². The summed E-state index contributed by atoms with van der Waals surface area (Å²) in [5.74, 6) is 1.54. The summed E-state index contributed by atoms with van der Waals surface area (Å²) in [6.07, 6.45) is 1.55. The number of carbonyl (C=O) groups is 1. The van der Waals surface area contributed by atoms with Gasteiger partial charge in [0.05, 0.1) is 13.2 Å². The van der Waals surface area contributed by atoms with E-state index in [9.17, 15) is 4.79 Å². The van der Waals surface area contributed by atoms with Crippen molar-refractivity contribution in [1.82, 2.24) is 5.32 Å². The van der Waals surface area contributed by atoms with Crippen molar-refractivity contribution in [2.24, 2.45) is 0 Å². The molecule has 1 unspecified atom stereocenters. The van der Waals surface area contributed by atoms with E-state index < -0.39 is 0 Å². The number of Topliss-reactive ketones (excluding diaryl/α,β-unsaturated/α-hetero) is 1. The molecule has 0 amide bonds. The first-order chi connectivity index (χ1) is 8.66. The zero-order valence-corrected chi connectivity index (χ0v) is 11.1. The molecule has 0 bridgehead atoms. The van der Waals surface area contributed by atoms with E-state index in [-0.39, 0.29) is 5.78 Å². The van der Waals surface area contributed by atoms with Gasteiger partial charge in [-0.1, -0.05) is 32.0 Å². The van der Waals surface area contributed by atoms with Crippen LogP contribution in [-0.2, 0) is 4.79 Å². The number of ketones is 1. The Hall–Kier alpha value is -1.35. The first kappa shape index (κ1) is 13.1. The molecular weight excluding hydrogens is 226 g/mol. The highest BCUT2D eigenvalue weighted by molar-refractivity contribution is 5.81. The first-order valence-corrected chi connectivity index (χ1v) is 6.63. The topological polar surface area (TPSA) is 38.3 Å². The zero-order valence-electron chi connectivity index (χ0n) is 11.1. The number of rotatable bonds is 5. The Balaban J connectivity index is 1.96. The maximum absolute atomic E-state index is 11.9. The van der Waals surface area contributed by atoms with Crippen LogP contribution >= 0.6 is 0 Å². The second-order valence-corrected chi connectivity index (χ2v) is 5.15. The van der Waals surface area contributed by atoms with Gasteiger partial charge in [-0.3, -0.25) is 4.79 Å². The maximum Gasteiger partial charge on any atom is 0.147 e. The lowest BCUT2D eigenvalue weighted by molar-refractivity contribution is -0.118. The van der Waals surface area contributed by atoms with Crippen LogP contribution < -0.4 is 10.1 Å². The minimum absolute atomic E-state index is 0.283. The largest absolute Gasteiger partial charge is 0.493 e. The molecule has 1 N–H and O–H groups in total. The first-order valence-electron chi connectivity index (χ1n) is 6.63. The second kappa shape index (κ2) is 6.01. The predicted molar refractivity (Wildman–Crippen MR) is 72.1 cm³/mol. The monoisotopic (exact) mass is 247 g/mol. The molecule has 3 heteroatoms.